The van der Waals surface area contributed by atoms with Crippen LogP contribution in [0.1, 0.15) is 16.1 Å². The molecule has 2 aromatic heterocycles. The predicted molar refractivity (Wildman–Crippen MR) is 104 cm³/mol. The molecule has 150 valence electrons. The average Bonchev–Trinajstić information content (AvgIpc) is 3.02. The number of hydrogen-bond donors (Lipinski definition) is 4. The maximum atomic E-state index is 14.4. The normalized spacial score (nSPS) is 10.4. The summed E-state index contributed by atoms with van der Waals surface area (Å²) in [6.45, 7) is 1.40. The Labute approximate surface area is 165 Å². The summed E-state index contributed by atoms with van der Waals surface area (Å²) in [5.41, 5.74) is 4.19. The van der Waals surface area contributed by atoms with Crippen molar-refractivity contribution in [1.29, 1.82) is 0 Å². The first-order valence-corrected chi connectivity index (χ1v) is 8.71. The summed E-state index contributed by atoms with van der Waals surface area (Å²) in [7, 11) is 0. The first-order valence-electron chi connectivity index (χ1n) is 8.71. The Morgan fingerprint density at radius 2 is 2.21 bits per heavy atom. The number of fused-ring (bicyclic) bond motifs is 1. The van der Waals surface area contributed by atoms with Crippen LogP contribution in [0.4, 0.5) is 15.8 Å². The minimum Gasteiger partial charge on any atom is -0.462 e. The van der Waals surface area contributed by atoms with E-state index >= 15 is 0 Å². The molecule has 0 aliphatic heterocycles. The quantitative estimate of drug-likeness (QED) is 0.276. The number of halogens is 1. The molecule has 1 amide bonds. The molecular weight excluding hydrogens is 379 g/mol. The van der Waals surface area contributed by atoms with Crippen molar-refractivity contribution in [1.82, 2.24) is 15.0 Å². The van der Waals surface area contributed by atoms with E-state index in [1.54, 1.807) is 35.9 Å². The number of hydrogen-bond acceptors (Lipinski definition) is 6. The monoisotopic (exact) mass is 398 g/mol. The van der Waals surface area contributed by atoms with Crippen LogP contribution in [0.5, 0.6) is 0 Å². The van der Waals surface area contributed by atoms with Crippen LogP contribution in [-0.4, -0.2) is 38.9 Å². The van der Waals surface area contributed by atoms with Crippen molar-refractivity contribution in [2.45, 2.75) is 13.5 Å². The molecule has 0 spiro atoms. The third kappa shape index (κ3) is 4.29. The van der Waals surface area contributed by atoms with E-state index < -0.39 is 11.7 Å². The number of carbonyl (C=O) groups excluding carboxylic acids is 1. The summed E-state index contributed by atoms with van der Waals surface area (Å²) >= 11 is 0. The fourth-order valence-corrected chi connectivity index (χ4v) is 2.91. The van der Waals surface area contributed by atoms with Crippen molar-refractivity contribution in [3.8, 4) is 12.0 Å². The number of rotatable bonds is 7. The summed E-state index contributed by atoms with van der Waals surface area (Å²) in [4.78, 5) is 21.8. The molecule has 0 aliphatic carbocycles. The van der Waals surface area contributed by atoms with Gasteiger partial charge in [0.15, 0.2) is 0 Å². The first kappa shape index (κ1) is 20.1. The van der Waals surface area contributed by atoms with E-state index in [-0.39, 0.29) is 31.1 Å². The third-order valence-electron chi connectivity index (χ3n) is 4.14. The fraction of sp³-hybridized carbons (Fsp3) is 0.200. The molecule has 0 fully saturated rings. The first-order chi connectivity index (χ1) is 14.1. The van der Waals surface area contributed by atoms with Gasteiger partial charge in [-0.1, -0.05) is 6.07 Å². The van der Waals surface area contributed by atoms with E-state index in [1.165, 1.54) is 12.3 Å². The molecule has 0 aliphatic rings. The highest BCUT2D eigenvalue weighted by Gasteiger charge is 2.24. The van der Waals surface area contributed by atoms with E-state index in [0.29, 0.717) is 16.6 Å². The number of benzene rings is 1. The molecule has 0 saturated carbocycles. The maximum Gasteiger partial charge on any atom is 0.293 e. The number of anilines is 2. The number of hydroxylamine groups is 1. The van der Waals surface area contributed by atoms with Gasteiger partial charge in [-0.05, 0) is 36.6 Å². The number of carbonyl (C=O) groups is 1. The van der Waals surface area contributed by atoms with Gasteiger partial charge in [-0.25, -0.2) is 9.87 Å². The predicted octanol–water partition coefficient (Wildman–Crippen LogP) is 2.21. The maximum absolute atomic E-state index is 14.4. The highest BCUT2D eigenvalue weighted by Crippen LogP contribution is 2.34. The van der Waals surface area contributed by atoms with Gasteiger partial charge in [0, 0.05) is 17.8 Å². The second-order valence-corrected chi connectivity index (χ2v) is 6.10. The summed E-state index contributed by atoms with van der Waals surface area (Å²) < 4.78 is 16.0. The van der Waals surface area contributed by atoms with Crippen molar-refractivity contribution >= 4 is 28.2 Å². The molecule has 3 aromatic rings. The number of amides is 1. The van der Waals surface area contributed by atoms with Crippen molar-refractivity contribution < 1.29 is 24.2 Å². The summed E-state index contributed by atoms with van der Waals surface area (Å²) in [6, 6.07) is 6.36. The molecule has 9 heteroatoms. The molecule has 8 nitrogen and oxygen atoms in total. The lowest BCUT2D eigenvalue weighted by molar-refractivity contribution is 0.0163. The Bertz CT molecular complexity index is 1100. The van der Waals surface area contributed by atoms with Gasteiger partial charge in [-0.2, -0.15) is 0 Å². The van der Waals surface area contributed by atoms with Gasteiger partial charge in [0.1, 0.15) is 17.6 Å². The van der Waals surface area contributed by atoms with Gasteiger partial charge in [0.25, 0.3) is 5.91 Å². The lowest BCUT2D eigenvalue weighted by Crippen LogP contribution is -2.28. The zero-order valence-corrected chi connectivity index (χ0v) is 15.6. The van der Waals surface area contributed by atoms with E-state index in [9.17, 15) is 9.18 Å². The number of nitrogens with one attached hydrogen (secondary N) is 2. The van der Waals surface area contributed by atoms with Gasteiger partial charge < -0.3 is 20.1 Å². The minimum absolute atomic E-state index is 0.00216. The Morgan fingerprint density at radius 1 is 1.38 bits per heavy atom. The van der Waals surface area contributed by atoms with E-state index in [2.05, 4.69) is 21.7 Å². The highest BCUT2D eigenvalue weighted by molar-refractivity contribution is 6.09. The molecular formula is C20H19FN4O4. The molecule has 2 heterocycles. The van der Waals surface area contributed by atoms with Crippen molar-refractivity contribution in [3.63, 3.8) is 0 Å². The molecule has 0 unspecified atom stereocenters. The van der Waals surface area contributed by atoms with Gasteiger partial charge in [-0.3, -0.25) is 14.6 Å². The largest absolute Gasteiger partial charge is 0.462 e. The van der Waals surface area contributed by atoms with Crippen molar-refractivity contribution in [3.05, 3.63) is 53.7 Å². The van der Waals surface area contributed by atoms with Crippen LogP contribution < -0.4 is 10.8 Å². The molecule has 29 heavy (non-hydrogen) atoms. The topological polar surface area (TPSA) is 109 Å². The molecule has 3 rings (SSSR count). The molecule has 0 radical (unpaired) electrons. The lowest BCUT2D eigenvalue weighted by Gasteiger charge is -2.12. The summed E-state index contributed by atoms with van der Waals surface area (Å²) in [5.74, 6) is 1.39. The van der Waals surface area contributed by atoms with Crippen LogP contribution in [0.25, 0.3) is 10.9 Å². The SMILES string of the molecule is Cc1ccc(Nc2c(C(=O)NOCCO)n(CC#CO)c3ccncc23)c(F)c1. The number of nitrogens with zero attached hydrogens (tertiary/aromatic N) is 2. The van der Waals surface area contributed by atoms with Gasteiger partial charge in [0.05, 0.1) is 36.6 Å². The number of aromatic nitrogens is 2. The van der Waals surface area contributed by atoms with Crippen LogP contribution in [0.15, 0.2) is 36.7 Å². The standard InChI is InChI=1S/C20H19FN4O4/c1-13-3-4-16(15(21)11-13)23-18-14-12-22-6-5-17(14)25(7-2-8-26)19(18)20(28)24-29-10-9-27/h3-6,11-12,23,26-27H,7,9-10H2,1H3,(H,24,28). The van der Waals surface area contributed by atoms with Crippen LogP contribution in [0.3, 0.4) is 0 Å². The van der Waals surface area contributed by atoms with Crippen LogP contribution in [0, 0.1) is 24.8 Å². The number of aliphatic hydroxyl groups excluding tert-OH is 2. The molecule has 0 atom stereocenters. The molecule has 0 bridgehead atoms. The Hall–Kier alpha value is -3.61. The minimum atomic E-state index is -0.635. The van der Waals surface area contributed by atoms with Crippen LogP contribution >= 0.6 is 0 Å². The van der Waals surface area contributed by atoms with Crippen LogP contribution in [-0.2, 0) is 11.4 Å². The number of aryl methyl sites for hydroxylation is 1. The Kier molecular flexibility index (Phi) is 6.29. The molecule has 4 N–H and O–H groups in total. The second kappa shape index (κ2) is 9.05. The number of pyridine rings is 1. The van der Waals surface area contributed by atoms with E-state index in [0.717, 1.165) is 5.56 Å². The fourth-order valence-electron chi connectivity index (χ4n) is 2.91. The Morgan fingerprint density at radius 3 is 2.93 bits per heavy atom. The smallest absolute Gasteiger partial charge is 0.293 e. The van der Waals surface area contributed by atoms with E-state index in [1.807, 2.05) is 6.11 Å². The van der Waals surface area contributed by atoms with Gasteiger partial charge >= 0.3 is 0 Å². The molecule has 0 saturated heterocycles. The van der Waals surface area contributed by atoms with Gasteiger partial charge in [0.2, 0.25) is 0 Å². The highest BCUT2D eigenvalue weighted by atomic mass is 19.1. The average molecular weight is 398 g/mol. The Balaban J connectivity index is 2.15. The van der Waals surface area contributed by atoms with Crippen molar-refractivity contribution in [2.24, 2.45) is 0 Å². The van der Waals surface area contributed by atoms with E-state index in [4.69, 9.17) is 15.1 Å². The number of aliphatic hydroxyl groups is 2. The zero-order valence-electron chi connectivity index (χ0n) is 15.6. The van der Waals surface area contributed by atoms with Gasteiger partial charge in [-0.15, -0.1) is 0 Å². The lowest BCUT2D eigenvalue weighted by atomic mass is 10.2. The third-order valence-corrected chi connectivity index (χ3v) is 4.14. The summed E-state index contributed by atoms with van der Waals surface area (Å²) in [6.07, 6.45) is 4.90. The second-order valence-electron chi connectivity index (χ2n) is 6.10. The van der Waals surface area contributed by atoms with Crippen LogP contribution in [0.2, 0.25) is 0 Å². The molecule has 1 aromatic carbocycles. The van der Waals surface area contributed by atoms with Crippen molar-refractivity contribution in [2.75, 3.05) is 18.5 Å². The summed E-state index contributed by atoms with van der Waals surface area (Å²) in [5, 5.41) is 21.3. The zero-order chi connectivity index (χ0) is 20.8.